The van der Waals surface area contributed by atoms with Gasteiger partial charge in [-0.2, -0.15) is 5.26 Å². The molecule has 0 unspecified atom stereocenters. The monoisotopic (exact) mass is 261 g/mol. The number of pyridine rings is 1. The summed E-state index contributed by atoms with van der Waals surface area (Å²) in [5.41, 5.74) is 0.0282. The van der Waals surface area contributed by atoms with Crippen molar-refractivity contribution in [2.45, 2.75) is 18.9 Å². The molecule has 7 heteroatoms. The Kier molecular flexibility index (Phi) is 3.92. The van der Waals surface area contributed by atoms with Crippen LogP contribution in [0.1, 0.15) is 18.4 Å². The molecule has 1 aliphatic rings. The number of rotatable bonds is 6. The van der Waals surface area contributed by atoms with Crippen LogP contribution in [0.2, 0.25) is 0 Å². The third-order valence-electron chi connectivity index (χ3n) is 3.13. The number of nitrogens with zero attached hydrogens (tertiary/aromatic N) is 4. The molecule has 0 spiro atoms. The van der Waals surface area contributed by atoms with Crippen LogP contribution in [0.5, 0.6) is 0 Å². The third kappa shape index (κ3) is 3.39. The molecule has 0 aromatic carbocycles. The first-order valence-corrected chi connectivity index (χ1v) is 6.10. The molecule has 100 valence electrons. The van der Waals surface area contributed by atoms with Crippen LogP contribution in [0.3, 0.4) is 0 Å². The van der Waals surface area contributed by atoms with Crippen molar-refractivity contribution in [3.05, 3.63) is 27.9 Å². The fourth-order valence-corrected chi connectivity index (χ4v) is 1.83. The van der Waals surface area contributed by atoms with Crippen molar-refractivity contribution < 1.29 is 4.92 Å². The van der Waals surface area contributed by atoms with Gasteiger partial charge in [0.2, 0.25) is 0 Å². The fourth-order valence-electron chi connectivity index (χ4n) is 1.83. The summed E-state index contributed by atoms with van der Waals surface area (Å²) >= 11 is 0. The quantitative estimate of drug-likeness (QED) is 0.613. The number of anilines is 1. The lowest BCUT2D eigenvalue weighted by Gasteiger charge is -2.16. The van der Waals surface area contributed by atoms with Crippen LogP contribution in [-0.2, 0) is 0 Å². The SMILES string of the molecule is CN(CCNc1ncc([N+](=O)[O-])cc1C#N)C1CC1. The van der Waals surface area contributed by atoms with Gasteiger partial charge < -0.3 is 10.2 Å². The van der Waals surface area contributed by atoms with Gasteiger partial charge in [-0.25, -0.2) is 4.98 Å². The number of hydrogen-bond donors (Lipinski definition) is 1. The summed E-state index contributed by atoms with van der Waals surface area (Å²) in [6.45, 7) is 1.51. The first kappa shape index (κ1) is 13.2. The van der Waals surface area contributed by atoms with E-state index in [1.54, 1.807) is 0 Å². The molecule has 1 N–H and O–H groups in total. The zero-order valence-corrected chi connectivity index (χ0v) is 10.7. The van der Waals surface area contributed by atoms with E-state index in [2.05, 4.69) is 22.2 Å². The molecule has 1 aliphatic carbocycles. The maximum atomic E-state index is 10.6. The van der Waals surface area contributed by atoms with Crippen molar-refractivity contribution in [3.8, 4) is 6.07 Å². The van der Waals surface area contributed by atoms with Gasteiger partial charge in [-0.1, -0.05) is 0 Å². The maximum absolute atomic E-state index is 10.6. The molecular formula is C12H15N5O2. The smallest absolute Gasteiger partial charge is 0.289 e. The van der Waals surface area contributed by atoms with E-state index in [1.807, 2.05) is 6.07 Å². The van der Waals surface area contributed by atoms with Crippen molar-refractivity contribution in [2.75, 3.05) is 25.5 Å². The zero-order chi connectivity index (χ0) is 13.8. The molecule has 1 fully saturated rings. The highest BCUT2D eigenvalue weighted by Gasteiger charge is 2.25. The molecule has 0 saturated heterocycles. The Morgan fingerprint density at radius 3 is 3.00 bits per heavy atom. The van der Waals surface area contributed by atoms with Gasteiger partial charge in [-0.3, -0.25) is 10.1 Å². The summed E-state index contributed by atoms with van der Waals surface area (Å²) in [6, 6.07) is 3.84. The van der Waals surface area contributed by atoms with Crippen molar-refractivity contribution >= 4 is 11.5 Å². The molecule has 1 saturated carbocycles. The van der Waals surface area contributed by atoms with E-state index in [1.165, 1.54) is 18.9 Å². The lowest BCUT2D eigenvalue weighted by atomic mass is 10.2. The largest absolute Gasteiger partial charge is 0.368 e. The van der Waals surface area contributed by atoms with E-state index < -0.39 is 4.92 Å². The highest BCUT2D eigenvalue weighted by Crippen LogP contribution is 2.25. The van der Waals surface area contributed by atoms with Crippen molar-refractivity contribution in [1.82, 2.24) is 9.88 Å². The van der Waals surface area contributed by atoms with E-state index in [0.717, 1.165) is 12.7 Å². The Hall–Kier alpha value is -2.20. The lowest BCUT2D eigenvalue weighted by molar-refractivity contribution is -0.385. The summed E-state index contributed by atoms with van der Waals surface area (Å²) in [5, 5.41) is 22.6. The fraction of sp³-hybridized carbons (Fsp3) is 0.500. The van der Waals surface area contributed by atoms with Crippen LogP contribution < -0.4 is 5.32 Å². The minimum atomic E-state index is -0.557. The van der Waals surface area contributed by atoms with Gasteiger partial charge in [0.25, 0.3) is 5.69 Å². The van der Waals surface area contributed by atoms with Gasteiger partial charge in [0.05, 0.1) is 4.92 Å². The van der Waals surface area contributed by atoms with Crippen LogP contribution in [0, 0.1) is 21.4 Å². The second kappa shape index (κ2) is 5.63. The average Bonchev–Trinajstić information content (AvgIpc) is 3.22. The summed E-state index contributed by atoms with van der Waals surface area (Å²) < 4.78 is 0. The van der Waals surface area contributed by atoms with Crippen molar-refractivity contribution in [2.24, 2.45) is 0 Å². The molecule has 0 radical (unpaired) electrons. The minimum Gasteiger partial charge on any atom is -0.368 e. The zero-order valence-electron chi connectivity index (χ0n) is 10.7. The van der Waals surface area contributed by atoms with Crippen LogP contribution in [0.15, 0.2) is 12.3 Å². The van der Waals surface area contributed by atoms with Gasteiger partial charge in [-0.05, 0) is 19.9 Å². The Bertz CT molecular complexity index is 521. The van der Waals surface area contributed by atoms with E-state index in [0.29, 0.717) is 18.4 Å². The van der Waals surface area contributed by atoms with Crippen LogP contribution >= 0.6 is 0 Å². The van der Waals surface area contributed by atoms with Gasteiger partial charge in [0, 0.05) is 25.2 Å². The molecule has 1 aromatic rings. The van der Waals surface area contributed by atoms with E-state index in [9.17, 15) is 10.1 Å². The highest BCUT2D eigenvalue weighted by molar-refractivity contribution is 5.55. The molecule has 0 amide bonds. The minimum absolute atomic E-state index is 0.169. The maximum Gasteiger partial charge on any atom is 0.289 e. The van der Waals surface area contributed by atoms with Gasteiger partial charge in [-0.15, -0.1) is 0 Å². The summed E-state index contributed by atoms with van der Waals surface area (Å²) in [5.74, 6) is 0.400. The second-order valence-electron chi connectivity index (χ2n) is 4.60. The van der Waals surface area contributed by atoms with Crippen molar-refractivity contribution in [1.29, 1.82) is 5.26 Å². The predicted molar refractivity (Wildman–Crippen MR) is 69.7 cm³/mol. The first-order chi connectivity index (χ1) is 9.11. The number of hydrogen-bond acceptors (Lipinski definition) is 6. The standard InChI is InChI=1S/C12H15N5O2/c1-16(10-2-3-10)5-4-14-12-9(7-13)6-11(8-15-12)17(18)19/h6,8,10H,2-5H2,1H3,(H,14,15). The molecule has 7 nitrogen and oxygen atoms in total. The molecular weight excluding hydrogens is 246 g/mol. The Morgan fingerprint density at radius 1 is 1.68 bits per heavy atom. The predicted octanol–water partition coefficient (Wildman–Crippen LogP) is 1.37. The molecule has 0 bridgehead atoms. The van der Waals surface area contributed by atoms with Gasteiger partial charge >= 0.3 is 0 Å². The molecule has 1 aromatic heterocycles. The van der Waals surface area contributed by atoms with E-state index >= 15 is 0 Å². The normalized spacial score (nSPS) is 14.2. The first-order valence-electron chi connectivity index (χ1n) is 6.10. The second-order valence-corrected chi connectivity index (χ2v) is 4.60. The summed E-state index contributed by atoms with van der Waals surface area (Å²) in [4.78, 5) is 16.2. The summed E-state index contributed by atoms with van der Waals surface area (Å²) in [6.07, 6.45) is 3.65. The number of aromatic nitrogens is 1. The molecule has 0 atom stereocenters. The van der Waals surface area contributed by atoms with Crippen molar-refractivity contribution in [3.63, 3.8) is 0 Å². The van der Waals surface area contributed by atoms with Gasteiger partial charge in [0.1, 0.15) is 23.6 Å². The third-order valence-corrected chi connectivity index (χ3v) is 3.13. The highest BCUT2D eigenvalue weighted by atomic mass is 16.6. The van der Waals surface area contributed by atoms with E-state index in [4.69, 9.17) is 5.26 Å². The average molecular weight is 261 g/mol. The van der Waals surface area contributed by atoms with Crippen LogP contribution in [0.4, 0.5) is 11.5 Å². The molecule has 2 rings (SSSR count). The number of likely N-dealkylation sites (N-methyl/N-ethyl adjacent to an activating group) is 1. The van der Waals surface area contributed by atoms with Gasteiger partial charge in [0.15, 0.2) is 0 Å². The van der Waals surface area contributed by atoms with Crippen LogP contribution in [0.25, 0.3) is 0 Å². The number of nitriles is 1. The Labute approximate surface area is 111 Å². The topological polar surface area (TPSA) is 95.1 Å². The Morgan fingerprint density at radius 2 is 2.42 bits per heavy atom. The van der Waals surface area contributed by atoms with Crippen LogP contribution in [-0.4, -0.2) is 41.0 Å². The van der Waals surface area contributed by atoms with E-state index in [-0.39, 0.29) is 11.3 Å². The molecule has 1 heterocycles. The molecule has 0 aliphatic heterocycles. The molecule has 19 heavy (non-hydrogen) atoms. The number of nitrogens with one attached hydrogen (secondary N) is 1. The Balaban J connectivity index is 1.95. The lowest BCUT2D eigenvalue weighted by Crippen LogP contribution is -2.27. The summed E-state index contributed by atoms with van der Waals surface area (Å²) in [7, 11) is 2.06. The number of nitro groups is 1.